The van der Waals surface area contributed by atoms with Crippen molar-refractivity contribution in [2.45, 2.75) is 18.5 Å². The van der Waals surface area contributed by atoms with Crippen molar-refractivity contribution in [3.05, 3.63) is 83.8 Å². The number of aryl methyl sites for hydroxylation is 1. The number of hydrogen-bond acceptors (Lipinski definition) is 6. The van der Waals surface area contributed by atoms with Gasteiger partial charge in [0, 0.05) is 12.1 Å². The molecule has 0 saturated heterocycles. The Balaban J connectivity index is 1.34. The molecule has 0 aliphatic heterocycles. The number of benzene rings is 2. The lowest BCUT2D eigenvalue weighted by Crippen LogP contribution is -2.24. The fraction of sp³-hybridized carbons (Fsp3) is 0.130. The molecule has 0 atom stereocenters. The quantitative estimate of drug-likeness (QED) is 0.396. The molecule has 0 saturated carbocycles. The molecule has 4 rings (SSSR count). The number of carbonyl (C=O) groups excluding carboxylic acids is 1. The second-order valence-corrected chi connectivity index (χ2v) is 8.74. The van der Waals surface area contributed by atoms with E-state index in [2.05, 4.69) is 20.5 Å². The molecule has 1 N–H and O–H groups in total. The Kier molecular flexibility index (Phi) is 6.69. The summed E-state index contributed by atoms with van der Waals surface area (Å²) in [6, 6.07) is 19.9. The first-order chi connectivity index (χ1) is 15.1. The number of aromatic nitrogens is 3. The van der Waals surface area contributed by atoms with Gasteiger partial charge < -0.3 is 5.32 Å². The van der Waals surface area contributed by atoms with E-state index in [0.717, 1.165) is 32.4 Å². The highest BCUT2D eigenvalue weighted by Crippen LogP contribution is 2.34. The molecule has 0 radical (unpaired) electrons. The molecule has 5 nitrogen and oxygen atoms in total. The van der Waals surface area contributed by atoms with E-state index in [0.29, 0.717) is 11.6 Å². The van der Waals surface area contributed by atoms with Crippen LogP contribution in [-0.2, 0) is 11.3 Å². The Labute approximate surface area is 187 Å². The summed E-state index contributed by atoms with van der Waals surface area (Å²) < 4.78 is 12.9. The molecule has 1 amide bonds. The number of nitrogens with one attached hydrogen (secondary N) is 1. The fourth-order valence-electron chi connectivity index (χ4n) is 2.85. The van der Waals surface area contributed by atoms with Crippen molar-refractivity contribution in [2.75, 3.05) is 5.75 Å². The average Bonchev–Trinajstić information content (AvgIpc) is 3.20. The zero-order chi connectivity index (χ0) is 21.6. The maximum atomic E-state index is 12.9. The minimum atomic E-state index is -0.294. The highest BCUT2D eigenvalue weighted by molar-refractivity contribution is 7.99. The summed E-state index contributed by atoms with van der Waals surface area (Å²) in [6.45, 7) is 2.33. The summed E-state index contributed by atoms with van der Waals surface area (Å²) in [6.07, 6.45) is 0. The maximum Gasteiger partial charge on any atom is 0.230 e. The molecule has 0 fully saturated rings. The normalized spacial score (nSPS) is 10.8. The third-order valence-corrected chi connectivity index (χ3v) is 6.59. The van der Waals surface area contributed by atoms with Crippen LogP contribution in [0.2, 0.25) is 0 Å². The molecule has 2 heterocycles. The number of halogens is 1. The van der Waals surface area contributed by atoms with Crippen molar-refractivity contribution < 1.29 is 9.18 Å². The van der Waals surface area contributed by atoms with Gasteiger partial charge in [0.25, 0.3) is 0 Å². The minimum Gasteiger partial charge on any atom is -0.351 e. The van der Waals surface area contributed by atoms with Crippen LogP contribution in [0.25, 0.3) is 21.1 Å². The van der Waals surface area contributed by atoms with Crippen LogP contribution < -0.4 is 5.32 Å². The van der Waals surface area contributed by atoms with Crippen LogP contribution in [0.5, 0.6) is 0 Å². The van der Waals surface area contributed by atoms with E-state index in [-0.39, 0.29) is 17.5 Å². The first-order valence-corrected chi connectivity index (χ1v) is 11.4. The van der Waals surface area contributed by atoms with Crippen molar-refractivity contribution in [2.24, 2.45) is 0 Å². The van der Waals surface area contributed by atoms with Crippen LogP contribution in [0.1, 0.15) is 11.3 Å². The predicted octanol–water partition coefficient (Wildman–Crippen LogP) is 5.12. The monoisotopic (exact) mass is 450 g/mol. The van der Waals surface area contributed by atoms with Crippen molar-refractivity contribution in [3.8, 4) is 21.1 Å². The molecule has 0 aliphatic rings. The predicted molar refractivity (Wildman–Crippen MR) is 122 cm³/mol. The molecule has 2 aromatic heterocycles. The van der Waals surface area contributed by atoms with Gasteiger partial charge >= 0.3 is 0 Å². The largest absolute Gasteiger partial charge is 0.351 e. The first kappa shape index (κ1) is 21.1. The van der Waals surface area contributed by atoms with Gasteiger partial charge in [-0.25, -0.2) is 9.37 Å². The van der Waals surface area contributed by atoms with Gasteiger partial charge in [-0.3, -0.25) is 4.79 Å². The number of carbonyl (C=O) groups is 1. The summed E-state index contributed by atoms with van der Waals surface area (Å²) in [5.41, 5.74) is 3.60. The number of amides is 1. The standard InChI is InChI=1S/C23H19FN4OS2/c1-15-22(31-23(26-15)17-5-3-2-4-6-17)19-11-12-21(28-27-19)30-14-20(29)25-13-16-7-9-18(24)10-8-16/h2-12H,13-14H2,1H3,(H,25,29). The lowest BCUT2D eigenvalue weighted by atomic mass is 10.2. The number of hydrogen-bond donors (Lipinski definition) is 1. The van der Waals surface area contributed by atoms with Crippen LogP contribution >= 0.6 is 23.1 Å². The Morgan fingerprint density at radius 3 is 2.52 bits per heavy atom. The van der Waals surface area contributed by atoms with Crippen molar-refractivity contribution in [1.29, 1.82) is 0 Å². The maximum absolute atomic E-state index is 12.9. The van der Waals surface area contributed by atoms with Crippen LogP contribution in [0.4, 0.5) is 4.39 Å². The van der Waals surface area contributed by atoms with Gasteiger partial charge in [0.1, 0.15) is 21.5 Å². The van der Waals surface area contributed by atoms with E-state index in [1.165, 1.54) is 23.9 Å². The first-order valence-electron chi connectivity index (χ1n) is 9.59. The van der Waals surface area contributed by atoms with E-state index in [9.17, 15) is 9.18 Å². The molecule has 4 aromatic rings. The van der Waals surface area contributed by atoms with Gasteiger partial charge in [0.05, 0.1) is 16.3 Å². The minimum absolute atomic E-state index is 0.119. The van der Waals surface area contributed by atoms with Crippen LogP contribution in [-0.4, -0.2) is 26.8 Å². The fourth-order valence-corrected chi connectivity index (χ4v) is 4.53. The number of thioether (sulfide) groups is 1. The van der Waals surface area contributed by atoms with E-state index >= 15 is 0 Å². The SMILES string of the molecule is Cc1nc(-c2ccccc2)sc1-c1ccc(SCC(=O)NCc2ccc(F)cc2)nn1. The van der Waals surface area contributed by atoms with Gasteiger partial charge in [0.2, 0.25) is 5.91 Å². The van der Waals surface area contributed by atoms with Gasteiger partial charge in [-0.15, -0.1) is 21.5 Å². The lowest BCUT2D eigenvalue weighted by Gasteiger charge is -2.05. The number of thiazole rings is 1. The molecule has 2 aromatic carbocycles. The van der Waals surface area contributed by atoms with Gasteiger partial charge in [0.15, 0.2) is 0 Å². The van der Waals surface area contributed by atoms with Crippen molar-refractivity contribution in [3.63, 3.8) is 0 Å². The lowest BCUT2D eigenvalue weighted by molar-refractivity contribution is -0.118. The summed E-state index contributed by atoms with van der Waals surface area (Å²) in [7, 11) is 0. The Morgan fingerprint density at radius 1 is 1.03 bits per heavy atom. The summed E-state index contributed by atoms with van der Waals surface area (Å²) in [5.74, 6) is -0.184. The number of nitrogens with zero attached hydrogens (tertiary/aromatic N) is 3. The topological polar surface area (TPSA) is 67.8 Å². The van der Waals surface area contributed by atoms with Crippen molar-refractivity contribution >= 4 is 29.0 Å². The van der Waals surface area contributed by atoms with Crippen LogP contribution in [0.3, 0.4) is 0 Å². The van der Waals surface area contributed by atoms with E-state index < -0.39 is 0 Å². The molecule has 0 unspecified atom stereocenters. The average molecular weight is 451 g/mol. The zero-order valence-corrected chi connectivity index (χ0v) is 18.3. The molecule has 0 aliphatic carbocycles. The molecular weight excluding hydrogens is 431 g/mol. The van der Waals surface area contributed by atoms with Gasteiger partial charge in [-0.1, -0.05) is 54.2 Å². The summed E-state index contributed by atoms with van der Waals surface area (Å²) >= 11 is 2.91. The van der Waals surface area contributed by atoms with Gasteiger partial charge in [-0.05, 0) is 36.8 Å². The highest BCUT2D eigenvalue weighted by Gasteiger charge is 2.13. The van der Waals surface area contributed by atoms with Crippen LogP contribution in [0.15, 0.2) is 71.8 Å². The second-order valence-electron chi connectivity index (χ2n) is 6.75. The van der Waals surface area contributed by atoms with Crippen LogP contribution in [0, 0.1) is 12.7 Å². The van der Waals surface area contributed by atoms with E-state index in [4.69, 9.17) is 0 Å². The highest BCUT2D eigenvalue weighted by atomic mass is 32.2. The molecule has 156 valence electrons. The van der Waals surface area contributed by atoms with Crippen molar-refractivity contribution in [1.82, 2.24) is 20.5 Å². The Hall–Kier alpha value is -3.10. The summed E-state index contributed by atoms with van der Waals surface area (Å²) in [4.78, 5) is 17.7. The molecule has 8 heteroatoms. The number of rotatable bonds is 7. The van der Waals surface area contributed by atoms with E-state index in [1.807, 2.05) is 49.4 Å². The third-order valence-electron chi connectivity index (χ3n) is 4.44. The smallest absolute Gasteiger partial charge is 0.230 e. The second kappa shape index (κ2) is 9.80. The van der Waals surface area contributed by atoms with E-state index in [1.54, 1.807) is 23.5 Å². The summed E-state index contributed by atoms with van der Waals surface area (Å²) in [5, 5.41) is 13.0. The molecule has 0 spiro atoms. The molecule has 31 heavy (non-hydrogen) atoms. The zero-order valence-electron chi connectivity index (χ0n) is 16.7. The molecular formula is C23H19FN4OS2. The Morgan fingerprint density at radius 2 is 1.81 bits per heavy atom. The molecule has 0 bridgehead atoms. The Bertz CT molecular complexity index is 1160. The van der Waals surface area contributed by atoms with Gasteiger partial charge in [-0.2, -0.15) is 0 Å². The third kappa shape index (κ3) is 5.53.